The first kappa shape index (κ1) is 34.4. The number of hydrogen-bond acceptors (Lipinski definition) is 11. The monoisotopic (exact) mass is 613 g/mol. The molecule has 2 amide bonds. The Kier molecular flexibility index (Phi) is 12.6. The quantitative estimate of drug-likeness (QED) is 0.352. The minimum Gasteiger partial charge on any atom is -0.460 e. The number of piperazine rings is 1. The number of ether oxygens (including phenoxy) is 3. The number of carbonyl (C=O) groups is 4. The number of carbonyl (C=O) groups excluding carboxylic acids is 4. The molecule has 0 bridgehead atoms. The molecule has 0 spiro atoms. The van der Waals surface area contributed by atoms with Crippen molar-refractivity contribution in [2.45, 2.75) is 71.6 Å². The number of aromatic nitrogens is 2. The molecule has 44 heavy (non-hydrogen) atoms. The van der Waals surface area contributed by atoms with Gasteiger partial charge in [-0.1, -0.05) is 30.3 Å². The van der Waals surface area contributed by atoms with Crippen molar-refractivity contribution in [3.8, 4) is 11.4 Å². The van der Waals surface area contributed by atoms with Crippen molar-refractivity contribution in [2.75, 3.05) is 39.9 Å². The van der Waals surface area contributed by atoms with E-state index >= 15 is 0 Å². The summed E-state index contributed by atoms with van der Waals surface area (Å²) in [6, 6.07) is 9.81. The van der Waals surface area contributed by atoms with Gasteiger partial charge in [-0.3, -0.25) is 14.4 Å². The van der Waals surface area contributed by atoms with Crippen LogP contribution in [0.1, 0.15) is 63.6 Å². The highest BCUT2D eigenvalue weighted by molar-refractivity contribution is 5.96. The van der Waals surface area contributed by atoms with Gasteiger partial charge >= 0.3 is 12.1 Å². The highest BCUT2D eigenvalue weighted by Gasteiger charge is 2.31. The Balaban J connectivity index is 1.81. The number of amides is 2. The predicted octanol–water partition coefficient (Wildman–Crippen LogP) is 3.17. The van der Waals surface area contributed by atoms with Crippen molar-refractivity contribution in [1.29, 1.82) is 0 Å². The molecule has 0 aliphatic carbocycles. The van der Waals surface area contributed by atoms with Crippen molar-refractivity contribution in [3.63, 3.8) is 0 Å². The predicted molar refractivity (Wildman–Crippen MR) is 160 cm³/mol. The van der Waals surface area contributed by atoms with Gasteiger partial charge in [-0.2, -0.15) is 0 Å². The Morgan fingerprint density at radius 1 is 1.02 bits per heavy atom. The highest BCUT2D eigenvalue weighted by atomic mass is 16.8. The van der Waals surface area contributed by atoms with Crippen molar-refractivity contribution in [3.05, 3.63) is 47.8 Å². The number of nitrogens with one attached hydrogen (secondary N) is 1. The van der Waals surface area contributed by atoms with Gasteiger partial charge in [0.1, 0.15) is 17.3 Å². The molecule has 1 aliphatic heterocycles. The third-order valence-corrected chi connectivity index (χ3v) is 6.62. The van der Waals surface area contributed by atoms with E-state index in [1.54, 1.807) is 45.8 Å². The molecule has 13 nitrogen and oxygen atoms in total. The molecule has 1 aliphatic rings. The fraction of sp³-hybridized carbons (Fsp3) is 0.548. The first-order valence-electron chi connectivity index (χ1n) is 14.8. The summed E-state index contributed by atoms with van der Waals surface area (Å²) in [6.07, 6.45) is -0.593. The van der Waals surface area contributed by atoms with Crippen LogP contribution in [-0.2, 0) is 35.1 Å². The van der Waals surface area contributed by atoms with Crippen LogP contribution in [0.4, 0.5) is 4.79 Å². The minimum atomic E-state index is -1.04. The average molecular weight is 614 g/mol. The summed E-state index contributed by atoms with van der Waals surface area (Å²) in [5.41, 5.74) is 0.723. The third kappa shape index (κ3) is 10.9. The average Bonchev–Trinajstić information content (AvgIpc) is 2.98. The third-order valence-electron chi connectivity index (χ3n) is 6.62. The van der Waals surface area contributed by atoms with Crippen molar-refractivity contribution < 1.29 is 38.2 Å². The van der Waals surface area contributed by atoms with Crippen LogP contribution in [0, 0.1) is 0 Å². The van der Waals surface area contributed by atoms with Crippen LogP contribution in [0.15, 0.2) is 36.4 Å². The Bertz CT molecular complexity index is 1280. The van der Waals surface area contributed by atoms with Crippen LogP contribution in [-0.4, -0.2) is 102 Å². The summed E-state index contributed by atoms with van der Waals surface area (Å²) in [6.45, 7) is 10.0. The first-order chi connectivity index (χ1) is 20.9. The normalized spacial score (nSPS) is 15.2. The molecule has 1 unspecified atom stereocenters. The fourth-order valence-corrected chi connectivity index (χ4v) is 4.43. The molecule has 13 heteroatoms. The zero-order chi connectivity index (χ0) is 32.3. The zero-order valence-corrected chi connectivity index (χ0v) is 26.3. The molecule has 1 N–H and O–H groups in total. The van der Waals surface area contributed by atoms with E-state index in [1.165, 1.54) is 5.06 Å². The lowest BCUT2D eigenvalue weighted by molar-refractivity contribution is -0.158. The van der Waals surface area contributed by atoms with Gasteiger partial charge in [0.05, 0.1) is 25.8 Å². The van der Waals surface area contributed by atoms with Gasteiger partial charge in [0.25, 0.3) is 5.91 Å². The second-order valence-electron chi connectivity index (χ2n) is 11.4. The maximum Gasteiger partial charge on any atom is 0.527 e. The van der Waals surface area contributed by atoms with Crippen molar-refractivity contribution in [2.24, 2.45) is 0 Å². The van der Waals surface area contributed by atoms with E-state index in [0.29, 0.717) is 17.9 Å². The number of esters is 1. The molecule has 3 rings (SSSR count). The summed E-state index contributed by atoms with van der Waals surface area (Å²) in [5, 5.41) is 4.22. The Hall–Kier alpha value is -4.10. The molecule has 0 saturated carbocycles. The second kappa shape index (κ2) is 16.1. The smallest absolute Gasteiger partial charge is 0.460 e. The van der Waals surface area contributed by atoms with E-state index in [-0.39, 0.29) is 63.3 Å². The van der Waals surface area contributed by atoms with Gasteiger partial charge in [-0.05, 0) is 47.1 Å². The maximum atomic E-state index is 13.7. The van der Waals surface area contributed by atoms with Gasteiger partial charge in [-0.15, -0.1) is 5.06 Å². The summed E-state index contributed by atoms with van der Waals surface area (Å²) < 4.78 is 15.6. The van der Waals surface area contributed by atoms with Gasteiger partial charge < -0.3 is 29.3 Å². The van der Waals surface area contributed by atoms with Crippen LogP contribution in [0.5, 0.6) is 0 Å². The lowest BCUT2D eigenvalue weighted by Gasteiger charge is -2.35. The van der Waals surface area contributed by atoms with Gasteiger partial charge in [-0.25, -0.2) is 14.8 Å². The molecule has 240 valence electrons. The molecule has 0 radical (unpaired) electrons. The van der Waals surface area contributed by atoms with Crippen molar-refractivity contribution >= 4 is 23.9 Å². The van der Waals surface area contributed by atoms with E-state index in [9.17, 15) is 19.2 Å². The molecule has 2 atom stereocenters. The summed E-state index contributed by atoms with van der Waals surface area (Å²) in [4.78, 5) is 67.4. The molecular weight excluding hydrogens is 570 g/mol. The van der Waals surface area contributed by atoms with E-state index < -0.39 is 29.7 Å². The lowest BCUT2D eigenvalue weighted by atomic mass is 10.1. The number of hydroxylamine groups is 2. The van der Waals surface area contributed by atoms with Crippen molar-refractivity contribution in [1.82, 2.24) is 25.2 Å². The molecule has 1 fully saturated rings. The number of methoxy groups -OCH3 is 1. The topological polar surface area (TPSA) is 149 Å². The molecule has 2 heterocycles. The Morgan fingerprint density at radius 2 is 1.70 bits per heavy atom. The SMILES string of the molecule is CCOC(=O)ON1CCN(C(=O)C(CCC(=O)OC(C)(C)C)NC(=O)c2cc(C[C@H](C)OC)nc(-c3ccccc3)n2)CC1. The molecular formula is C31H43N5O8. The van der Waals surface area contributed by atoms with Crippen LogP contribution in [0.2, 0.25) is 0 Å². The second-order valence-corrected chi connectivity index (χ2v) is 11.4. The molecule has 2 aromatic rings. The zero-order valence-electron chi connectivity index (χ0n) is 26.3. The van der Waals surface area contributed by atoms with E-state index in [4.69, 9.17) is 19.0 Å². The Morgan fingerprint density at radius 3 is 2.32 bits per heavy atom. The minimum absolute atomic E-state index is 0.0171. The maximum absolute atomic E-state index is 13.7. The fourth-order valence-electron chi connectivity index (χ4n) is 4.43. The van der Waals surface area contributed by atoms with Crippen LogP contribution in [0.25, 0.3) is 11.4 Å². The van der Waals surface area contributed by atoms with E-state index in [1.807, 2.05) is 37.3 Å². The molecule has 1 aromatic heterocycles. The summed E-state index contributed by atoms with van der Waals surface area (Å²) in [7, 11) is 1.60. The number of benzene rings is 1. The largest absolute Gasteiger partial charge is 0.527 e. The van der Waals surface area contributed by atoms with Gasteiger partial charge in [0, 0.05) is 44.3 Å². The Labute approximate surface area is 258 Å². The molecule has 1 aromatic carbocycles. The highest BCUT2D eigenvalue weighted by Crippen LogP contribution is 2.18. The summed E-state index contributed by atoms with van der Waals surface area (Å²) >= 11 is 0. The van der Waals surface area contributed by atoms with E-state index in [2.05, 4.69) is 15.3 Å². The van der Waals surface area contributed by atoms with Gasteiger partial charge in [0.15, 0.2) is 5.82 Å². The number of rotatable bonds is 12. The van der Waals surface area contributed by atoms with Crippen LogP contribution in [0.3, 0.4) is 0 Å². The number of hydrogen-bond donors (Lipinski definition) is 1. The summed E-state index contributed by atoms with van der Waals surface area (Å²) in [5.74, 6) is -1.07. The molecule has 1 saturated heterocycles. The van der Waals surface area contributed by atoms with Crippen LogP contribution < -0.4 is 5.32 Å². The lowest BCUT2D eigenvalue weighted by Crippen LogP contribution is -2.55. The first-order valence-corrected chi connectivity index (χ1v) is 14.8. The number of nitrogens with zero attached hydrogens (tertiary/aromatic N) is 4. The standard InChI is InChI=1S/C31H43N5O8/c1-7-42-30(40)44-36-17-15-35(16-18-36)29(39)24(13-14-26(37)43-31(3,4)5)34-28(38)25-20-23(19-21(2)41-6)32-27(33-25)22-11-9-8-10-12-22/h8-12,20-21,24H,7,13-19H2,1-6H3,(H,34,38)/t21-,24?/m0/s1. The van der Waals surface area contributed by atoms with E-state index in [0.717, 1.165) is 5.56 Å². The van der Waals surface area contributed by atoms with Gasteiger partial charge in [0.2, 0.25) is 5.91 Å². The van der Waals surface area contributed by atoms with Crippen LogP contribution >= 0.6 is 0 Å².